The largest absolute Gasteiger partial charge is 0.484 e. The number of hydrogen-bond acceptors (Lipinski definition) is 6. The first kappa shape index (κ1) is 17.2. The molecule has 3 rings (SSSR count). The standard InChI is InChI=1S/C18H22N4O3/c1-21(2)18-19-9-8-15(20-18)16-12-22(10-11-24-16)17(23)13-25-14-6-4-3-5-7-14/h3-9,16H,10-13H2,1-2H3. The molecule has 0 saturated carbocycles. The Bertz CT molecular complexity index is 708. The van der Waals surface area contributed by atoms with Crippen LogP contribution in [0.3, 0.4) is 0 Å². The highest BCUT2D eigenvalue weighted by molar-refractivity contribution is 5.78. The van der Waals surface area contributed by atoms with Crippen LogP contribution in [0.5, 0.6) is 5.75 Å². The molecule has 2 heterocycles. The Morgan fingerprint density at radius 3 is 2.88 bits per heavy atom. The van der Waals surface area contributed by atoms with Crippen molar-refractivity contribution in [1.82, 2.24) is 14.9 Å². The lowest BCUT2D eigenvalue weighted by molar-refractivity contribution is -0.141. The van der Waals surface area contributed by atoms with E-state index < -0.39 is 0 Å². The van der Waals surface area contributed by atoms with Crippen molar-refractivity contribution >= 4 is 11.9 Å². The SMILES string of the molecule is CN(C)c1nccc(C2CN(C(=O)COc3ccccc3)CCO2)n1. The summed E-state index contributed by atoms with van der Waals surface area (Å²) < 4.78 is 11.3. The zero-order valence-corrected chi connectivity index (χ0v) is 14.5. The van der Waals surface area contributed by atoms with Gasteiger partial charge in [0.15, 0.2) is 6.61 Å². The molecule has 1 aliphatic rings. The molecule has 1 atom stereocenters. The van der Waals surface area contributed by atoms with E-state index in [0.717, 1.165) is 5.69 Å². The summed E-state index contributed by atoms with van der Waals surface area (Å²) in [6, 6.07) is 11.2. The lowest BCUT2D eigenvalue weighted by Crippen LogP contribution is -2.44. The Morgan fingerprint density at radius 1 is 1.32 bits per heavy atom. The molecule has 0 radical (unpaired) electrons. The third-order valence-corrected chi connectivity index (χ3v) is 3.92. The number of carbonyl (C=O) groups is 1. The average Bonchev–Trinajstić information content (AvgIpc) is 2.67. The summed E-state index contributed by atoms with van der Waals surface area (Å²) in [5, 5.41) is 0. The third kappa shape index (κ3) is 4.45. The Morgan fingerprint density at radius 2 is 2.12 bits per heavy atom. The van der Waals surface area contributed by atoms with Crippen LogP contribution in [0.25, 0.3) is 0 Å². The second-order valence-electron chi connectivity index (χ2n) is 5.98. The van der Waals surface area contributed by atoms with Crippen LogP contribution in [0, 0.1) is 0 Å². The summed E-state index contributed by atoms with van der Waals surface area (Å²) in [5.74, 6) is 1.25. The first-order chi connectivity index (χ1) is 12.1. The van der Waals surface area contributed by atoms with Gasteiger partial charge in [0.1, 0.15) is 11.9 Å². The van der Waals surface area contributed by atoms with Gasteiger partial charge in [-0.1, -0.05) is 18.2 Å². The molecule has 0 N–H and O–H groups in total. The van der Waals surface area contributed by atoms with E-state index in [4.69, 9.17) is 9.47 Å². The molecule has 25 heavy (non-hydrogen) atoms. The second-order valence-corrected chi connectivity index (χ2v) is 5.98. The second kappa shape index (κ2) is 7.94. The minimum atomic E-state index is -0.254. The minimum Gasteiger partial charge on any atom is -0.484 e. The van der Waals surface area contributed by atoms with E-state index in [1.165, 1.54) is 0 Å². The van der Waals surface area contributed by atoms with E-state index in [0.29, 0.717) is 31.4 Å². The van der Waals surface area contributed by atoms with Gasteiger partial charge in [-0.15, -0.1) is 0 Å². The molecule has 0 aliphatic carbocycles. The van der Waals surface area contributed by atoms with Crippen molar-refractivity contribution < 1.29 is 14.3 Å². The van der Waals surface area contributed by atoms with Crippen molar-refractivity contribution in [3.63, 3.8) is 0 Å². The van der Waals surface area contributed by atoms with Gasteiger partial charge in [0.2, 0.25) is 5.95 Å². The van der Waals surface area contributed by atoms with E-state index in [2.05, 4.69) is 9.97 Å². The Kier molecular flexibility index (Phi) is 5.45. The number of anilines is 1. The van der Waals surface area contributed by atoms with E-state index >= 15 is 0 Å². The molecular formula is C18H22N4O3. The fourth-order valence-corrected chi connectivity index (χ4v) is 2.56. The molecule has 2 aromatic rings. The van der Waals surface area contributed by atoms with Crippen molar-refractivity contribution in [2.24, 2.45) is 0 Å². The Labute approximate surface area is 147 Å². The highest BCUT2D eigenvalue weighted by Gasteiger charge is 2.27. The Hall–Kier alpha value is -2.67. The van der Waals surface area contributed by atoms with Crippen molar-refractivity contribution in [2.45, 2.75) is 6.10 Å². The van der Waals surface area contributed by atoms with Gasteiger partial charge in [0.25, 0.3) is 5.91 Å². The number of benzene rings is 1. The quantitative estimate of drug-likeness (QED) is 0.821. The predicted molar refractivity (Wildman–Crippen MR) is 93.6 cm³/mol. The lowest BCUT2D eigenvalue weighted by atomic mass is 10.2. The highest BCUT2D eigenvalue weighted by atomic mass is 16.5. The molecule has 1 fully saturated rings. The molecule has 7 nitrogen and oxygen atoms in total. The molecule has 1 aliphatic heterocycles. The van der Waals surface area contributed by atoms with Crippen LogP contribution < -0.4 is 9.64 Å². The number of para-hydroxylation sites is 1. The maximum absolute atomic E-state index is 12.4. The van der Waals surface area contributed by atoms with Gasteiger partial charge >= 0.3 is 0 Å². The van der Waals surface area contributed by atoms with Crippen molar-refractivity contribution in [3.8, 4) is 5.75 Å². The maximum atomic E-state index is 12.4. The van der Waals surface area contributed by atoms with Gasteiger partial charge in [-0.3, -0.25) is 4.79 Å². The summed E-state index contributed by atoms with van der Waals surface area (Å²) in [6.45, 7) is 1.51. The van der Waals surface area contributed by atoms with Crippen molar-refractivity contribution in [2.75, 3.05) is 45.3 Å². The number of nitrogens with zero attached hydrogens (tertiary/aromatic N) is 4. The van der Waals surface area contributed by atoms with Crippen molar-refractivity contribution in [3.05, 3.63) is 48.3 Å². The molecule has 7 heteroatoms. The minimum absolute atomic E-state index is 0.0173. The lowest BCUT2D eigenvalue weighted by Gasteiger charge is -2.32. The van der Waals surface area contributed by atoms with Crippen LogP contribution in [0.1, 0.15) is 11.8 Å². The summed E-state index contributed by atoms with van der Waals surface area (Å²) in [5.41, 5.74) is 0.778. The van der Waals surface area contributed by atoms with Gasteiger partial charge in [-0.05, 0) is 18.2 Å². The predicted octanol–water partition coefficient (Wildman–Crippen LogP) is 1.52. The first-order valence-corrected chi connectivity index (χ1v) is 8.21. The monoisotopic (exact) mass is 342 g/mol. The zero-order chi connectivity index (χ0) is 17.6. The van der Waals surface area contributed by atoms with E-state index in [-0.39, 0.29) is 18.6 Å². The number of hydrogen-bond donors (Lipinski definition) is 0. The molecule has 1 saturated heterocycles. The molecule has 1 amide bonds. The molecule has 1 aromatic carbocycles. The number of rotatable bonds is 5. The van der Waals surface area contributed by atoms with Crippen LogP contribution in [-0.2, 0) is 9.53 Å². The highest BCUT2D eigenvalue weighted by Crippen LogP contribution is 2.21. The Balaban J connectivity index is 1.60. The fourth-order valence-electron chi connectivity index (χ4n) is 2.56. The van der Waals surface area contributed by atoms with E-state index in [1.54, 1.807) is 11.1 Å². The average molecular weight is 342 g/mol. The van der Waals surface area contributed by atoms with E-state index in [9.17, 15) is 4.79 Å². The van der Waals surface area contributed by atoms with Crippen LogP contribution in [0.2, 0.25) is 0 Å². The topological polar surface area (TPSA) is 67.8 Å². The van der Waals surface area contributed by atoms with Gasteiger partial charge in [-0.2, -0.15) is 0 Å². The van der Waals surface area contributed by atoms with Crippen LogP contribution >= 0.6 is 0 Å². The normalized spacial score (nSPS) is 17.2. The first-order valence-electron chi connectivity index (χ1n) is 8.21. The van der Waals surface area contributed by atoms with Crippen LogP contribution in [0.15, 0.2) is 42.6 Å². The summed E-state index contributed by atoms with van der Waals surface area (Å²) in [4.78, 5) is 24.7. The molecule has 132 valence electrons. The van der Waals surface area contributed by atoms with Crippen molar-refractivity contribution in [1.29, 1.82) is 0 Å². The van der Waals surface area contributed by atoms with Gasteiger partial charge in [0.05, 0.1) is 18.8 Å². The number of ether oxygens (including phenoxy) is 2. The van der Waals surface area contributed by atoms with Gasteiger partial charge in [-0.25, -0.2) is 9.97 Å². The van der Waals surface area contributed by atoms with E-state index in [1.807, 2.05) is 55.4 Å². The molecule has 0 bridgehead atoms. The number of carbonyl (C=O) groups excluding carboxylic acids is 1. The maximum Gasteiger partial charge on any atom is 0.260 e. The number of amides is 1. The molecular weight excluding hydrogens is 320 g/mol. The van der Waals surface area contributed by atoms with Gasteiger partial charge < -0.3 is 19.3 Å². The number of morpholine rings is 1. The van der Waals surface area contributed by atoms with Crippen LogP contribution in [0.4, 0.5) is 5.95 Å². The summed E-state index contributed by atoms with van der Waals surface area (Å²) >= 11 is 0. The van der Waals surface area contributed by atoms with Gasteiger partial charge in [0, 0.05) is 26.8 Å². The molecule has 1 aromatic heterocycles. The smallest absolute Gasteiger partial charge is 0.260 e. The summed E-state index contributed by atoms with van der Waals surface area (Å²) in [6.07, 6.45) is 1.46. The summed E-state index contributed by atoms with van der Waals surface area (Å²) in [7, 11) is 3.77. The third-order valence-electron chi connectivity index (χ3n) is 3.92. The van der Waals surface area contributed by atoms with Crippen LogP contribution in [-0.4, -0.2) is 61.2 Å². The number of aromatic nitrogens is 2. The fraction of sp³-hybridized carbons (Fsp3) is 0.389. The molecule has 1 unspecified atom stereocenters. The zero-order valence-electron chi connectivity index (χ0n) is 14.5. The molecule has 0 spiro atoms.